The summed E-state index contributed by atoms with van der Waals surface area (Å²) in [5, 5.41) is 5.30. The predicted octanol–water partition coefficient (Wildman–Crippen LogP) is -0.512. The Morgan fingerprint density at radius 2 is 1.75 bits per heavy atom. The Kier molecular flexibility index (Phi) is 5.16. The number of rotatable bonds is 3. The smallest absolute Gasteiger partial charge is 0.262 e. The number of piperazine rings is 1. The van der Waals surface area contributed by atoms with Gasteiger partial charge in [-0.15, -0.1) is 0 Å². The summed E-state index contributed by atoms with van der Waals surface area (Å²) in [6.07, 6.45) is 2.09. The maximum absolute atomic E-state index is 13.1. The maximum atomic E-state index is 13.1. The average Bonchev–Trinajstić information content (AvgIpc) is 3.04. The molecule has 3 fully saturated rings. The van der Waals surface area contributed by atoms with Crippen LogP contribution in [0.25, 0.3) is 0 Å². The molecule has 0 spiro atoms. The van der Waals surface area contributed by atoms with E-state index in [4.69, 9.17) is 0 Å². The summed E-state index contributed by atoms with van der Waals surface area (Å²) in [5.41, 5.74) is 1.37. The van der Waals surface area contributed by atoms with Gasteiger partial charge < -0.3 is 15.1 Å². The molecule has 10 nitrogen and oxygen atoms in total. The van der Waals surface area contributed by atoms with Gasteiger partial charge >= 0.3 is 0 Å². The second kappa shape index (κ2) is 8.01. The maximum Gasteiger partial charge on any atom is 0.262 e. The molecule has 4 aliphatic rings. The zero-order valence-electron chi connectivity index (χ0n) is 17.6. The van der Waals surface area contributed by atoms with Gasteiger partial charge in [-0.3, -0.25) is 34.2 Å². The normalized spacial score (nSPS) is 26.5. The number of anilines is 1. The van der Waals surface area contributed by atoms with E-state index in [0.29, 0.717) is 19.6 Å². The predicted molar refractivity (Wildman–Crippen MR) is 113 cm³/mol. The summed E-state index contributed by atoms with van der Waals surface area (Å²) in [4.78, 5) is 67.0. The van der Waals surface area contributed by atoms with Crippen molar-refractivity contribution in [2.24, 2.45) is 0 Å². The molecule has 0 aliphatic carbocycles. The summed E-state index contributed by atoms with van der Waals surface area (Å²) < 4.78 is 0. The van der Waals surface area contributed by atoms with Crippen molar-refractivity contribution in [2.75, 3.05) is 37.6 Å². The number of nitrogens with zero attached hydrogens (tertiary/aromatic N) is 3. The third kappa shape index (κ3) is 3.44. The van der Waals surface area contributed by atoms with Gasteiger partial charge in [-0.25, -0.2) is 0 Å². The van der Waals surface area contributed by atoms with Gasteiger partial charge in [0.25, 0.3) is 11.8 Å². The van der Waals surface area contributed by atoms with Gasteiger partial charge in [0.2, 0.25) is 17.7 Å². The van der Waals surface area contributed by atoms with Crippen LogP contribution >= 0.6 is 0 Å². The van der Waals surface area contributed by atoms with Crippen LogP contribution in [0, 0.1) is 0 Å². The molecule has 4 aliphatic heterocycles. The Balaban J connectivity index is 1.36. The number of hydrogen-bond acceptors (Lipinski definition) is 7. The molecule has 1 aromatic carbocycles. The zero-order chi connectivity index (χ0) is 22.4. The van der Waals surface area contributed by atoms with Gasteiger partial charge in [0.1, 0.15) is 6.04 Å². The minimum Gasteiger partial charge on any atom is -0.369 e. The molecule has 0 radical (unpaired) electrons. The molecule has 2 unspecified atom stereocenters. The van der Waals surface area contributed by atoms with E-state index in [1.54, 1.807) is 12.1 Å². The van der Waals surface area contributed by atoms with E-state index in [9.17, 15) is 24.0 Å². The lowest BCUT2D eigenvalue weighted by atomic mass is 10.0. The Labute approximate surface area is 184 Å². The van der Waals surface area contributed by atoms with E-state index in [-0.39, 0.29) is 35.9 Å². The molecular formula is C22H25N5O5. The number of hydrogen-bond donors (Lipinski definition) is 2. The van der Waals surface area contributed by atoms with Gasteiger partial charge in [0.05, 0.1) is 17.7 Å². The van der Waals surface area contributed by atoms with Crippen molar-refractivity contribution in [1.29, 1.82) is 0 Å². The third-order valence-corrected chi connectivity index (χ3v) is 6.75. The van der Waals surface area contributed by atoms with E-state index in [1.807, 2.05) is 11.0 Å². The Hall–Kier alpha value is -3.27. The first-order valence-electron chi connectivity index (χ1n) is 11.0. The molecule has 10 heteroatoms. The molecular weight excluding hydrogens is 414 g/mol. The number of benzene rings is 1. The van der Waals surface area contributed by atoms with Crippen molar-refractivity contribution in [3.8, 4) is 0 Å². The molecule has 1 aromatic rings. The third-order valence-electron chi connectivity index (χ3n) is 6.75. The van der Waals surface area contributed by atoms with Crippen LogP contribution in [-0.4, -0.2) is 84.1 Å². The molecule has 0 saturated carbocycles. The number of nitrogens with one attached hydrogen (secondary N) is 2. The summed E-state index contributed by atoms with van der Waals surface area (Å²) in [5.74, 6) is -1.91. The quantitative estimate of drug-likeness (QED) is 0.609. The first-order chi connectivity index (χ1) is 15.4. The van der Waals surface area contributed by atoms with Crippen LogP contribution in [0.4, 0.5) is 5.69 Å². The number of carbonyl (C=O) groups is 5. The second-order valence-corrected chi connectivity index (χ2v) is 8.68. The van der Waals surface area contributed by atoms with Crippen LogP contribution in [0.5, 0.6) is 0 Å². The van der Waals surface area contributed by atoms with Crippen molar-refractivity contribution >= 4 is 35.2 Å². The van der Waals surface area contributed by atoms with E-state index in [1.165, 1.54) is 0 Å². The van der Waals surface area contributed by atoms with Crippen LogP contribution in [-0.2, 0) is 14.4 Å². The lowest BCUT2D eigenvalue weighted by Crippen LogP contribution is -2.57. The fourth-order valence-corrected chi connectivity index (χ4v) is 5.11. The lowest BCUT2D eigenvalue weighted by Gasteiger charge is -2.42. The average molecular weight is 439 g/mol. The minimum atomic E-state index is -0.971. The van der Waals surface area contributed by atoms with Crippen molar-refractivity contribution in [3.05, 3.63) is 29.3 Å². The van der Waals surface area contributed by atoms with E-state index >= 15 is 0 Å². The first kappa shape index (κ1) is 20.6. The number of piperidine rings is 2. The zero-order valence-corrected chi connectivity index (χ0v) is 17.6. The largest absolute Gasteiger partial charge is 0.369 e. The van der Waals surface area contributed by atoms with Crippen LogP contribution in [0.3, 0.4) is 0 Å². The molecule has 2 atom stereocenters. The van der Waals surface area contributed by atoms with Gasteiger partial charge in [-0.1, -0.05) is 0 Å². The fraction of sp³-hybridized carbons (Fsp3) is 0.500. The number of amides is 5. The van der Waals surface area contributed by atoms with Gasteiger partial charge in [0, 0.05) is 44.3 Å². The summed E-state index contributed by atoms with van der Waals surface area (Å²) in [6.45, 7) is 3.31. The minimum absolute atomic E-state index is 0.0922. The number of imide groups is 2. The lowest BCUT2D eigenvalue weighted by molar-refractivity contribution is -0.136. The standard InChI is InChI=1S/C22H25N5O5/c28-18-6-5-17(20(30)24-18)27-21(31)15-4-3-13(10-16(15)22(27)32)25-8-1-2-14(12-25)26-9-7-23-11-19(26)29/h3-4,10,14,17,23H,1-2,5-9,11-12H2,(H,24,28,30). The van der Waals surface area contributed by atoms with E-state index in [0.717, 1.165) is 36.5 Å². The van der Waals surface area contributed by atoms with Gasteiger partial charge in [-0.05, 0) is 37.5 Å². The summed E-state index contributed by atoms with van der Waals surface area (Å²) in [6, 6.07) is 4.31. The molecule has 5 rings (SSSR count). The number of fused-ring (bicyclic) bond motifs is 1. The van der Waals surface area contributed by atoms with Crippen LogP contribution in [0.2, 0.25) is 0 Å². The van der Waals surface area contributed by atoms with Crippen molar-refractivity contribution in [1.82, 2.24) is 20.4 Å². The summed E-state index contributed by atoms with van der Waals surface area (Å²) in [7, 11) is 0. The SMILES string of the molecule is O=C1CCC(N2C(=O)c3ccc(N4CCCC(N5CCNCC5=O)C4)cc3C2=O)C(=O)N1. The Bertz CT molecular complexity index is 1020. The molecule has 32 heavy (non-hydrogen) atoms. The highest BCUT2D eigenvalue weighted by atomic mass is 16.2. The van der Waals surface area contributed by atoms with E-state index < -0.39 is 29.7 Å². The first-order valence-corrected chi connectivity index (χ1v) is 11.0. The highest BCUT2D eigenvalue weighted by Gasteiger charge is 2.45. The van der Waals surface area contributed by atoms with Crippen molar-refractivity contribution in [3.63, 3.8) is 0 Å². The molecule has 0 bridgehead atoms. The molecule has 3 saturated heterocycles. The van der Waals surface area contributed by atoms with Crippen LogP contribution in [0.15, 0.2) is 18.2 Å². The van der Waals surface area contributed by atoms with Gasteiger partial charge in [-0.2, -0.15) is 0 Å². The topological polar surface area (TPSA) is 119 Å². The number of carbonyl (C=O) groups excluding carboxylic acids is 5. The van der Waals surface area contributed by atoms with Crippen LogP contribution in [0.1, 0.15) is 46.4 Å². The Morgan fingerprint density at radius 3 is 2.53 bits per heavy atom. The van der Waals surface area contributed by atoms with Crippen molar-refractivity contribution < 1.29 is 24.0 Å². The highest BCUT2D eigenvalue weighted by molar-refractivity contribution is 6.23. The van der Waals surface area contributed by atoms with Gasteiger partial charge in [0.15, 0.2) is 0 Å². The Morgan fingerprint density at radius 1 is 0.938 bits per heavy atom. The highest BCUT2D eigenvalue weighted by Crippen LogP contribution is 2.32. The molecule has 4 heterocycles. The van der Waals surface area contributed by atoms with E-state index in [2.05, 4.69) is 15.5 Å². The monoisotopic (exact) mass is 439 g/mol. The molecule has 168 valence electrons. The summed E-state index contributed by atoms with van der Waals surface area (Å²) >= 11 is 0. The fourth-order valence-electron chi connectivity index (χ4n) is 5.11. The molecule has 5 amide bonds. The second-order valence-electron chi connectivity index (χ2n) is 8.68. The van der Waals surface area contributed by atoms with Crippen molar-refractivity contribution in [2.45, 2.75) is 37.8 Å². The molecule has 0 aromatic heterocycles. The molecule has 2 N–H and O–H groups in total. The van der Waals surface area contributed by atoms with Crippen LogP contribution < -0.4 is 15.5 Å².